The molecule has 6 aromatic rings. The number of phenolic OH excluding ortho intramolecular Hbond substituents is 1. The van der Waals surface area contributed by atoms with Gasteiger partial charge in [0.25, 0.3) is 0 Å². The van der Waals surface area contributed by atoms with E-state index in [1.165, 1.54) is 42.5 Å². The minimum Gasteiger partial charge on any atom is -0.506 e. The van der Waals surface area contributed by atoms with Gasteiger partial charge in [0.1, 0.15) is 28.9 Å². The molecule has 0 aliphatic carbocycles. The fourth-order valence-corrected chi connectivity index (χ4v) is 7.80. The van der Waals surface area contributed by atoms with Crippen LogP contribution in [0.5, 0.6) is 23.0 Å². The molecule has 0 aromatic heterocycles. The van der Waals surface area contributed by atoms with Gasteiger partial charge in [-0.3, -0.25) is 4.79 Å². The molecule has 13 nitrogen and oxygen atoms in total. The molecule has 0 fully saturated rings. The first-order valence-electron chi connectivity index (χ1n) is 20.2. The Hall–Kier alpha value is -7.79. The van der Waals surface area contributed by atoms with E-state index < -0.39 is 23.5 Å². The van der Waals surface area contributed by atoms with Gasteiger partial charge in [-0.15, -0.1) is 0 Å². The van der Waals surface area contributed by atoms with Gasteiger partial charge in [-0.1, -0.05) is 59.6 Å². The fourth-order valence-electron chi connectivity index (χ4n) is 7.43. The Morgan fingerprint density at radius 2 is 1.46 bits per heavy atom. The van der Waals surface area contributed by atoms with Crippen molar-refractivity contribution in [2.24, 2.45) is 10.2 Å². The summed E-state index contributed by atoms with van der Waals surface area (Å²) >= 11 is 13.1. The lowest BCUT2D eigenvalue weighted by atomic mass is 9.77. The molecule has 1 atom stereocenters. The second-order valence-corrected chi connectivity index (χ2v) is 15.9. The van der Waals surface area contributed by atoms with Crippen LogP contribution in [-0.2, 0) is 19.9 Å². The predicted molar refractivity (Wildman–Crippen MR) is 242 cm³/mol. The highest BCUT2D eigenvalue weighted by Crippen LogP contribution is 2.58. The van der Waals surface area contributed by atoms with Gasteiger partial charge in [0.2, 0.25) is 0 Å². The molecule has 0 saturated carbocycles. The Labute approximate surface area is 382 Å². The molecular weight excluding hydrogens is 871 g/mol. The highest BCUT2D eigenvalue weighted by molar-refractivity contribution is 6.32. The highest BCUT2D eigenvalue weighted by atomic mass is 35.5. The number of nitriles is 1. The number of ketones is 1. The van der Waals surface area contributed by atoms with E-state index in [0.29, 0.717) is 52.0 Å². The number of Topliss-reactive ketones (excluding diaryl/α,β-unsaturated/α-hetero) is 1. The molecule has 6 aromatic carbocycles. The van der Waals surface area contributed by atoms with Crippen molar-refractivity contribution in [2.45, 2.75) is 24.9 Å². The van der Waals surface area contributed by atoms with Crippen LogP contribution in [0.4, 0.5) is 17.1 Å². The number of hydrogen-bond acceptors (Lipinski definition) is 13. The number of benzene rings is 6. The standard InChI is InChI=1S/C50H36Cl2N4O9/c1-56(2)34-20-18-33(19-21-34)55-54-32-16-14-29(15-17-32)42(57)13-7-8-22-62-47(59)31(28-53)23-30-9-3-4-10-35(30)48(60)64-46-27-45-39(25-41(46)52)50(37-12-6-5-11-36(37)49(61)65-50)38-24-40(51)43(58)26-44(38)63-45/h3-6,9-12,14-21,23-27,58H,7-8,13,22H2,1-2H3/b31-23+,55-54?. The molecule has 1 N–H and O–H groups in total. The summed E-state index contributed by atoms with van der Waals surface area (Å²) in [6.45, 7) is -0.0498. The number of hydrogen-bond donors (Lipinski definition) is 1. The van der Waals surface area contributed by atoms with Gasteiger partial charge < -0.3 is 29.0 Å². The molecule has 65 heavy (non-hydrogen) atoms. The lowest BCUT2D eigenvalue weighted by Gasteiger charge is -2.37. The SMILES string of the molecule is CN(C)c1ccc(N=Nc2ccc(C(=O)CCCCOC(=O)/C(C#N)=C/c3ccccc3C(=O)Oc3cc4c(cc3Cl)C3(OC(=O)c5ccccc53)c3cc(Cl)c(O)cc3O4)cc2)cc1. The molecule has 0 amide bonds. The maximum absolute atomic E-state index is 13.8. The van der Waals surface area contributed by atoms with Gasteiger partial charge in [-0.25, -0.2) is 14.4 Å². The minimum absolute atomic E-state index is 0.00110. The third kappa shape index (κ3) is 8.90. The first-order valence-corrected chi connectivity index (χ1v) is 20.9. The van der Waals surface area contributed by atoms with Crippen LogP contribution in [0.15, 0.2) is 137 Å². The Morgan fingerprint density at radius 3 is 2.17 bits per heavy atom. The number of esters is 3. The van der Waals surface area contributed by atoms with Crippen LogP contribution in [0.2, 0.25) is 10.0 Å². The number of anilines is 1. The van der Waals surface area contributed by atoms with Gasteiger partial charge >= 0.3 is 17.9 Å². The zero-order valence-electron chi connectivity index (χ0n) is 34.7. The van der Waals surface area contributed by atoms with Crippen LogP contribution in [0.3, 0.4) is 0 Å². The van der Waals surface area contributed by atoms with E-state index in [9.17, 15) is 29.5 Å². The monoisotopic (exact) mass is 906 g/mol. The number of aromatic hydroxyl groups is 1. The number of halogens is 2. The third-order valence-corrected chi connectivity index (χ3v) is 11.3. The number of nitrogens with zero attached hydrogens (tertiary/aromatic N) is 4. The number of carbonyl (C=O) groups excluding carboxylic acids is 4. The lowest BCUT2D eigenvalue weighted by molar-refractivity contribution is -0.138. The van der Waals surface area contributed by atoms with Crippen molar-refractivity contribution in [3.05, 3.63) is 176 Å². The normalized spacial score (nSPS) is 14.7. The fraction of sp³-hybridized carbons (Fsp3) is 0.140. The molecule has 1 spiro atoms. The Balaban J connectivity index is 0.901. The zero-order chi connectivity index (χ0) is 45.8. The summed E-state index contributed by atoms with van der Waals surface area (Å²) in [7, 11) is 3.91. The molecule has 2 aliphatic heterocycles. The topological polar surface area (TPSA) is 177 Å². The maximum Gasteiger partial charge on any atom is 0.348 e. The quantitative estimate of drug-likeness (QED) is 0.0222. The van der Waals surface area contributed by atoms with E-state index in [1.54, 1.807) is 60.7 Å². The molecule has 2 heterocycles. The number of ether oxygens (including phenoxy) is 4. The van der Waals surface area contributed by atoms with Crippen LogP contribution in [0, 0.1) is 11.3 Å². The number of unbranched alkanes of at least 4 members (excludes halogenated alkanes) is 1. The van der Waals surface area contributed by atoms with Crippen molar-refractivity contribution < 1.29 is 43.2 Å². The van der Waals surface area contributed by atoms with Crippen LogP contribution in [-0.4, -0.2) is 49.5 Å². The summed E-state index contributed by atoms with van der Waals surface area (Å²) in [6, 6.07) is 34.8. The number of azo groups is 1. The van der Waals surface area contributed by atoms with Crippen molar-refractivity contribution in [3.63, 3.8) is 0 Å². The summed E-state index contributed by atoms with van der Waals surface area (Å²) in [5.41, 5.74) is 2.55. The van der Waals surface area contributed by atoms with Crippen molar-refractivity contribution in [1.29, 1.82) is 5.26 Å². The van der Waals surface area contributed by atoms with E-state index in [-0.39, 0.29) is 68.6 Å². The second kappa shape index (κ2) is 18.5. The molecule has 324 valence electrons. The van der Waals surface area contributed by atoms with Crippen LogP contribution >= 0.6 is 23.2 Å². The predicted octanol–water partition coefficient (Wildman–Crippen LogP) is 11.5. The van der Waals surface area contributed by atoms with E-state index in [0.717, 1.165) is 5.69 Å². The van der Waals surface area contributed by atoms with Crippen molar-refractivity contribution in [3.8, 4) is 29.1 Å². The van der Waals surface area contributed by atoms with Crippen molar-refractivity contribution >= 4 is 70.0 Å². The van der Waals surface area contributed by atoms with Crippen LogP contribution in [0.1, 0.15) is 72.6 Å². The first kappa shape index (κ1) is 43.8. The summed E-state index contributed by atoms with van der Waals surface area (Å²) in [6.07, 6.45) is 2.21. The highest BCUT2D eigenvalue weighted by Gasteiger charge is 2.54. The molecule has 8 rings (SSSR count). The van der Waals surface area contributed by atoms with Crippen LogP contribution in [0.25, 0.3) is 6.08 Å². The Kier molecular flexibility index (Phi) is 12.5. The summed E-state index contributed by atoms with van der Waals surface area (Å²) in [5, 5.41) is 28.8. The lowest BCUT2D eigenvalue weighted by Crippen LogP contribution is -2.33. The van der Waals surface area contributed by atoms with Crippen molar-refractivity contribution in [1.82, 2.24) is 0 Å². The zero-order valence-corrected chi connectivity index (χ0v) is 36.2. The van der Waals surface area contributed by atoms with Crippen molar-refractivity contribution in [2.75, 3.05) is 25.6 Å². The van der Waals surface area contributed by atoms with Gasteiger partial charge in [0, 0.05) is 60.6 Å². The Morgan fingerprint density at radius 1 is 0.815 bits per heavy atom. The van der Waals surface area contributed by atoms with E-state index in [4.69, 9.17) is 42.1 Å². The summed E-state index contributed by atoms with van der Waals surface area (Å²) < 4.78 is 23.4. The average molecular weight is 908 g/mol. The second-order valence-electron chi connectivity index (χ2n) is 15.1. The Bertz CT molecular complexity index is 3000. The molecule has 15 heteroatoms. The third-order valence-electron chi connectivity index (χ3n) is 10.7. The van der Waals surface area contributed by atoms with E-state index in [1.807, 2.05) is 49.3 Å². The molecule has 0 bridgehead atoms. The van der Waals surface area contributed by atoms with Gasteiger partial charge in [-0.05, 0) is 97.3 Å². The molecular formula is C50H36Cl2N4O9. The van der Waals surface area contributed by atoms with Gasteiger partial charge in [0.05, 0.1) is 39.2 Å². The number of phenols is 1. The maximum atomic E-state index is 13.8. The van der Waals surface area contributed by atoms with E-state index in [2.05, 4.69) is 10.2 Å². The summed E-state index contributed by atoms with van der Waals surface area (Å²) in [4.78, 5) is 54.8. The first-order chi connectivity index (χ1) is 31.4. The minimum atomic E-state index is -1.57. The van der Waals surface area contributed by atoms with Gasteiger partial charge in [0.15, 0.2) is 17.1 Å². The molecule has 0 radical (unpaired) electrons. The average Bonchev–Trinajstić information content (AvgIpc) is 3.60. The number of carbonyl (C=O) groups is 4. The number of fused-ring (bicyclic) bond motifs is 6. The van der Waals surface area contributed by atoms with E-state index >= 15 is 0 Å². The van der Waals surface area contributed by atoms with Gasteiger partial charge in [-0.2, -0.15) is 15.5 Å². The molecule has 2 aliphatic rings. The summed E-state index contributed by atoms with van der Waals surface area (Å²) in [5.74, 6) is -2.64. The molecule has 1 unspecified atom stereocenters. The number of rotatable bonds is 13. The molecule has 0 saturated heterocycles. The smallest absolute Gasteiger partial charge is 0.348 e. The largest absolute Gasteiger partial charge is 0.506 e. The van der Waals surface area contributed by atoms with Crippen LogP contribution < -0.4 is 14.4 Å².